The standard InChI is InChI=1S/C14H22N2O/c1-3-13(4-2)16-8-7-12(15-16)10-14(17)9-11-5-6-11/h7-8,11,13H,3-6,9-10H2,1-2H3. The molecule has 0 saturated heterocycles. The number of carbonyl (C=O) groups is 1. The van der Waals surface area contributed by atoms with Crippen molar-refractivity contribution in [3.63, 3.8) is 0 Å². The van der Waals surface area contributed by atoms with Gasteiger partial charge in [0.15, 0.2) is 0 Å². The molecule has 0 aromatic carbocycles. The first kappa shape index (κ1) is 12.3. The minimum absolute atomic E-state index is 0.349. The fraction of sp³-hybridized carbons (Fsp3) is 0.714. The van der Waals surface area contributed by atoms with Gasteiger partial charge in [-0.1, -0.05) is 13.8 Å². The summed E-state index contributed by atoms with van der Waals surface area (Å²) in [4.78, 5) is 11.7. The van der Waals surface area contributed by atoms with Crippen molar-refractivity contribution < 1.29 is 4.79 Å². The summed E-state index contributed by atoms with van der Waals surface area (Å²) >= 11 is 0. The van der Waals surface area contributed by atoms with Gasteiger partial charge in [0.05, 0.1) is 18.2 Å². The van der Waals surface area contributed by atoms with Gasteiger partial charge in [-0.25, -0.2) is 0 Å². The van der Waals surface area contributed by atoms with Crippen molar-refractivity contribution in [2.45, 2.75) is 58.4 Å². The van der Waals surface area contributed by atoms with E-state index in [0.29, 0.717) is 24.2 Å². The maximum atomic E-state index is 11.7. The van der Waals surface area contributed by atoms with Gasteiger partial charge in [0.25, 0.3) is 0 Å². The Labute approximate surface area is 103 Å². The maximum absolute atomic E-state index is 11.7. The van der Waals surface area contributed by atoms with E-state index in [-0.39, 0.29) is 0 Å². The van der Waals surface area contributed by atoms with E-state index in [1.807, 2.05) is 16.9 Å². The van der Waals surface area contributed by atoms with Crippen molar-refractivity contribution in [3.8, 4) is 0 Å². The molecule has 0 atom stereocenters. The van der Waals surface area contributed by atoms with E-state index in [0.717, 1.165) is 25.0 Å². The molecule has 1 aliphatic rings. The molecule has 3 heteroatoms. The van der Waals surface area contributed by atoms with Crippen LogP contribution in [0.25, 0.3) is 0 Å². The van der Waals surface area contributed by atoms with E-state index in [1.54, 1.807) is 0 Å². The van der Waals surface area contributed by atoms with E-state index in [1.165, 1.54) is 12.8 Å². The molecule has 0 spiro atoms. The molecule has 2 rings (SSSR count). The lowest BCUT2D eigenvalue weighted by molar-refractivity contribution is -0.118. The Morgan fingerprint density at radius 1 is 1.47 bits per heavy atom. The molecular formula is C14H22N2O. The van der Waals surface area contributed by atoms with Crippen LogP contribution in [0.2, 0.25) is 0 Å². The molecule has 17 heavy (non-hydrogen) atoms. The summed E-state index contributed by atoms with van der Waals surface area (Å²) in [6.45, 7) is 4.35. The van der Waals surface area contributed by atoms with Crippen LogP contribution in [0.3, 0.4) is 0 Å². The predicted molar refractivity (Wildman–Crippen MR) is 67.9 cm³/mol. The number of hydrogen-bond acceptors (Lipinski definition) is 2. The number of aromatic nitrogens is 2. The molecule has 0 unspecified atom stereocenters. The van der Waals surface area contributed by atoms with Gasteiger partial charge in [0.2, 0.25) is 0 Å². The van der Waals surface area contributed by atoms with Crippen LogP contribution in [-0.4, -0.2) is 15.6 Å². The maximum Gasteiger partial charge on any atom is 0.139 e. The van der Waals surface area contributed by atoms with Gasteiger partial charge in [0.1, 0.15) is 5.78 Å². The molecule has 0 bridgehead atoms. The van der Waals surface area contributed by atoms with Gasteiger partial charge >= 0.3 is 0 Å². The molecule has 3 nitrogen and oxygen atoms in total. The Balaban J connectivity index is 1.90. The van der Waals surface area contributed by atoms with E-state index in [4.69, 9.17) is 0 Å². The Morgan fingerprint density at radius 3 is 2.76 bits per heavy atom. The summed E-state index contributed by atoms with van der Waals surface area (Å²) < 4.78 is 2.01. The third kappa shape index (κ3) is 3.42. The van der Waals surface area contributed by atoms with Crippen LogP contribution < -0.4 is 0 Å². The second kappa shape index (κ2) is 5.48. The van der Waals surface area contributed by atoms with Crippen LogP contribution in [0.15, 0.2) is 12.3 Å². The van der Waals surface area contributed by atoms with Gasteiger partial charge < -0.3 is 0 Å². The van der Waals surface area contributed by atoms with Crippen LogP contribution in [-0.2, 0) is 11.2 Å². The highest BCUT2D eigenvalue weighted by atomic mass is 16.1. The van der Waals surface area contributed by atoms with Crippen molar-refractivity contribution in [1.29, 1.82) is 0 Å². The molecule has 0 aliphatic heterocycles. The van der Waals surface area contributed by atoms with Crippen LogP contribution in [0.4, 0.5) is 0 Å². The van der Waals surface area contributed by atoms with Crippen LogP contribution in [0, 0.1) is 5.92 Å². The Kier molecular flexibility index (Phi) is 3.97. The normalized spacial score (nSPS) is 15.5. The summed E-state index contributed by atoms with van der Waals surface area (Å²) in [7, 11) is 0. The van der Waals surface area contributed by atoms with E-state index >= 15 is 0 Å². The zero-order valence-corrected chi connectivity index (χ0v) is 10.9. The zero-order valence-electron chi connectivity index (χ0n) is 10.9. The lowest BCUT2D eigenvalue weighted by atomic mass is 10.1. The third-order valence-corrected chi connectivity index (χ3v) is 3.57. The molecule has 1 aromatic heterocycles. The predicted octanol–water partition coefficient (Wildman–Crippen LogP) is 3.16. The topological polar surface area (TPSA) is 34.9 Å². The smallest absolute Gasteiger partial charge is 0.139 e. The largest absolute Gasteiger partial charge is 0.299 e. The van der Waals surface area contributed by atoms with Crippen molar-refractivity contribution in [2.24, 2.45) is 5.92 Å². The molecule has 0 amide bonds. The second-order valence-corrected chi connectivity index (χ2v) is 5.12. The van der Waals surface area contributed by atoms with E-state index in [9.17, 15) is 4.79 Å². The lowest BCUT2D eigenvalue weighted by Crippen LogP contribution is -2.09. The molecular weight excluding hydrogens is 212 g/mol. The Hall–Kier alpha value is -1.12. The summed E-state index contributed by atoms with van der Waals surface area (Å²) in [5.74, 6) is 1.03. The molecule has 0 radical (unpaired) electrons. The van der Waals surface area contributed by atoms with Gasteiger partial charge in [-0.2, -0.15) is 5.10 Å². The first-order valence-electron chi connectivity index (χ1n) is 6.78. The van der Waals surface area contributed by atoms with E-state index in [2.05, 4.69) is 18.9 Å². The van der Waals surface area contributed by atoms with Crippen LogP contribution in [0.1, 0.15) is 57.7 Å². The summed E-state index contributed by atoms with van der Waals surface area (Å²) in [6.07, 6.45) is 7.96. The second-order valence-electron chi connectivity index (χ2n) is 5.12. The fourth-order valence-electron chi connectivity index (χ4n) is 2.26. The van der Waals surface area contributed by atoms with Crippen molar-refractivity contribution >= 4 is 5.78 Å². The third-order valence-electron chi connectivity index (χ3n) is 3.57. The van der Waals surface area contributed by atoms with Crippen LogP contribution >= 0.6 is 0 Å². The fourth-order valence-corrected chi connectivity index (χ4v) is 2.26. The highest BCUT2D eigenvalue weighted by molar-refractivity contribution is 5.80. The molecule has 1 aliphatic carbocycles. The monoisotopic (exact) mass is 234 g/mol. The van der Waals surface area contributed by atoms with E-state index < -0.39 is 0 Å². The molecule has 1 heterocycles. The molecule has 1 saturated carbocycles. The van der Waals surface area contributed by atoms with Crippen molar-refractivity contribution in [1.82, 2.24) is 9.78 Å². The number of carbonyl (C=O) groups excluding carboxylic acids is 1. The number of Topliss-reactive ketones (excluding diaryl/α,β-unsaturated/α-hetero) is 1. The first-order valence-corrected chi connectivity index (χ1v) is 6.78. The average molecular weight is 234 g/mol. The zero-order chi connectivity index (χ0) is 12.3. The Bertz CT molecular complexity index is 375. The quantitative estimate of drug-likeness (QED) is 0.726. The molecule has 1 aromatic rings. The number of rotatable bonds is 7. The van der Waals surface area contributed by atoms with Gasteiger partial charge in [-0.15, -0.1) is 0 Å². The SMILES string of the molecule is CCC(CC)n1ccc(CC(=O)CC2CC2)n1. The van der Waals surface area contributed by atoms with Crippen LogP contribution in [0.5, 0.6) is 0 Å². The molecule has 0 N–H and O–H groups in total. The van der Waals surface area contributed by atoms with Crippen molar-refractivity contribution in [3.05, 3.63) is 18.0 Å². The van der Waals surface area contributed by atoms with Gasteiger partial charge in [0, 0.05) is 12.6 Å². The molecule has 94 valence electrons. The summed E-state index contributed by atoms with van der Waals surface area (Å²) in [6, 6.07) is 2.46. The first-order chi connectivity index (χ1) is 8.22. The summed E-state index contributed by atoms with van der Waals surface area (Å²) in [5, 5.41) is 4.52. The van der Waals surface area contributed by atoms with Gasteiger partial charge in [-0.05, 0) is 37.7 Å². The highest BCUT2D eigenvalue weighted by Gasteiger charge is 2.24. The number of hydrogen-bond donors (Lipinski definition) is 0. The van der Waals surface area contributed by atoms with Crippen molar-refractivity contribution in [2.75, 3.05) is 0 Å². The van der Waals surface area contributed by atoms with Gasteiger partial charge in [-0.3, -0.25) is 9.48 Å². The minimum Gasteiger partial charge on any atom is -0.299 e. The summed E-state index contributed by atoms with van der Waals surface area (Å²) in [5.41, 5.74) is 0.933. The average Bonchev–Trinajstić information content (AvgIpc) is 2.99. The lowest BCUT2D eigenvalue weighted by Gasteiger charge is -2.12. The molecule has 1 fully saturated rings. The Morgan fingerprint density at radius 2 is 2.18 bits per heavy atom. The minimum atomic E-state index is 0.349. The number of nitrogens with zero attached hydrogens (tertiary/aromatic N) is 2. The number of ketones is 1. The highest BCUT2D eigenvalue weighted by Crippen LogP contribution is 2.32.